The van der Waals surface area contributed by atoms with Crippen molar-refractivity contribution in [2.45, 2.75) is 59.6 Å². The molecular formula is C32H44Cl2N4O4. The normalized spacial score (nSPS) is 16.7. The maximum absolute atomic E-state index is 12.9. The number of carbonyl (C=O) groups is 2. The lowest BCUT2D eigenvalue weighted by atomic mass is 9.96. The third kappa shape index (κ3) is 8.45. The number of aryl methyl sites for hydroxylation is 1. The van der Waals surface area contributed by atoms with Crippen LogP contribution in [-0.4, -0.2) is 81.0 Å². The van der Waals surface area contributed by atoms with Gasteiger partial charge in [-0.05, 0) is 61.9 Å². The number of rotatable bonds is 10. The van der Waals surface area contributed by atoms with Gasteiger partial charge in [-0.3, -0.25) is 14.6 Å². The van der Waals surface area contributed by atoms with Gasteiger partial charge in [0.2, 0.25) is 5.91 Å². The number of unbranched alkanes of at least 4 members (excludes halogenated alkanes) is 1. The number of piperazine rings is 1. The van der Waals surface area contributed by atoms with Gasteiger partial charge >= 0.3 is 6.09 Å². The molecule has 4 rings (SSSR count). The van der Waals surface area contributed by atoms with Gasteiger partial charge in [0, 0.05) is 52.3 Å². The third-order valence-electron chi connectivity index (χ3n) is 7.63. The molecule has 0 aliphatic carbocycles. The monoisotopic (exact) mass is 618 g/mol. The van der Waals surface area contributed by atoms with E-state index in [9.17, 15) is 9.59 Å². The minimum atomic E-state index is -0.725. The van der Waals surface area contributed by atoms with Crippen LogP contribution in [-0.2, 0) is 16.0 Å². The van der Waals surface area contributed by atoms with Crippen molar-refractivity contribution in [3.8, 4) is 5.75 Å². The molecule has 1 atom stereocenters. The van der Waals surface area contributed by atoms with E-state index in [4.69, 9.17) is 32.7 Å². The summed E-state index contributed by atoms with van der Waals surface area (Å²) >= 11 is 12.6. The minimum absolute atomic E-state index is 0.0574. The SMILES string of the molecule is CC(OC(=O)N(C)CC(C)(C)C)N1C(=O)CCc2ccc(OCCCCN3CCN(c4cccc(Cl)c4Cl)CC3)cc21. The number of amides is 2. The van der Waals surface area contributed by atoms with Crippen LogP contribution in [0.2, 0.25) is 10.0 Å². The van der Waals surface area contributed by atoms with Crippen molar-refractivity contribution >= 4 is 46.6 Å². The van der Waals surface area contributed by atoms with Crippen LogP contribution in [0.5, 0.6) is 5.75 Å². The zero-order chi connectivity index (χ0) is 30.4. The van der Waals surface area contributed by atoms with E-state index in [1.165, 1.54) is 0 Å². The van der Waals surface area contributed by atoms with Gasteiger partial charge in [-0.25, -0.2) is 4.79 Å². The highest BCUT2D eigenvalue weighted by Crippen LogP contribution is 2.34. The number of nitrogens with zero attached hydrogens (tertiary/aromatic N) is 4. The Morgan fingerprint density at radius 3 is 2.48 bits per heavy atom. The van der Waals surface area contributed by atoms with Crippen molar-refractivity contribution < 1.29 is 19.1 Å². The second-order valence-corrected chi connectivity index (χ2v) is 13.2. The number of anilines is 2. The van der Waals surface area contributed by atoms with Crippen molar-refractivity contribution in [3.63, 3.8) is 0 Å². The summed E-state index contributed by atoms with van der Waals surface area (Å²) in [6.45, 7) is 13.9. The van der Waals surface area contributed by atoms with E-state index in [1.54, 1.807) is 23.8 Å². The lowest BCUT2D eigenvalue weighted by molar-refractivity contribution is -0.120. The molecule has 2 amide bonds. The molecule has 1 saturated heterocycles. The molecule has 1 unspecified atom stereocenters. The molecule has 0 bridgehead atoms. The van der Waals surface area contributed by atoms with Crippen molar-refractivity contribution in [3.05, 3.63) is 52.0 Å². The standard InChI is InChI=1S/C32H44Cl2N4O4/c1-23(42-31(40)35(5)22-32(2,3)4)38-28-21-25(13-11-24(28)12-14-29(38)39)41-20-7-6-15-36-16-18-37(19-17-36)27-10-8-9-26(33)30(27)34/h8-11,13,21,23H,6-7,12,14-20,22H2,1-5H3. The first-order chi connectivity index (χ1) is 19.9. The minimum Gasteiger partial charge on any atom is -0.494 e. The summed E-state index contributed by atoms with van der Waals surface area (Å²) in [5.41, 5.74) is 2.74. The first-order valence-corrected chi connectivity index (χ1v) is 15.6. The van der Waals surface area contributed by atoms with E-state index >= 15 is 0 Å². The summed E-state index contributed by atoms with van der Waals surface area (Å²) in [5.74, 6) is 0.653. The van der Waals surface area contributed by atoms with E-state index in [1.807, 2.05) is 36.4 Å². The number of hydrogen-bond acceptors (Lipinski definition) is 6. The number of benzene rings is 2. The van der Waals surface area contributed by atoms with E-state index in [-0.39, 0.29) is 11.3 Å². The van der Waals surface area contributed by atoms with Crippen LogP contribution < -0.4 is 14.5 Å². The predicted octanol–water partition coefficient (Wildman–Crippen LogP) is 6.71. The van der Waals surface area contributed by atoms with Crippen molar-refractivity contribution in [1.29, 1.82) is 0 Å². The topological polar surface area (TPSA) is 65.6 Å². The van der Waals surface area contributed by atoms with Crippen LogP contribution in [0.1, 0.15) is 52.5 Å². The molecule has 230 valence electrons. The van der Waals surface area contributed by atoms with Crippen LogP contribution in [0.4, 0.5) is 16.2 Å². The Morgan fingerprint density at radius 2 is 1.76 bits per heavy atom. The van der Waals surface area contributed by atoms with Crippen LogP contribution in [0, 0.1) is 5.41 Å². The van der Waals surface area contributed by atoms with Gasteiger partial charge in [0.1, 0.15) is 5.75 Å². The fourth-order valence-corrected chi connectivity index (χ4v) is 6.02. The smallest absolute Gasteiger partial charge is 0.411 e. The van der Waals surface area contributed by atoms with Gasteiger partial charge in [-0.1, -0.05) is 56.1 Å². The number of halogens is 2. The van der Waals surface area contributed by atoms with Gasteiger partial charge in [0.15, 0.2) is 6.23 Å². The maximum Gasteiger partial charge on any atom is 0.411 e. The summed E-state index contributed by atoms with van der Waals surface area (Å²) in [7, 11) is 1.72. The highest BCUT2D eigenvalue weighted by Gasteiger charge is 2.32. The molecule has 2 aromatic rings. The lowest BCUT2D eigenvalue weighted by Crippen LogP contribution is -2.46. The molecule has 0 spiro atoms. The highest BCUT2D eigenvalue weighted by atomic mass is 35.5. The number of fused-ring (bicyclic) bond motifs is 1. The van der Waals surface area contributed by atoms with Gasteiger partial charge in [0.05, 0.1) is 28.0 Å². The van der Waals surface area contributed by atoms with E-state index in [0.29, 0.717) is 41.8 Å². The Morgan fingerprint density at radius 1 is 1.02 bits per heavy atom. The molecule has 2 heterocycles. The number of carbonyl (C=O) groups excluding carboxylic acids is 2. The third-order valence-corrected chi connectivity index (χ3v) is 8.44. The molecule has 42 heavy (non-hydrogen) atoms. The molecule has 0 saturated carbocycles. The Balaban J connectivity index is 1.24. The zero-order valence-electron chi connectivity index (χ0n) is 25.5. The van der Waals surface area contributed by atoms with Crippen LogP contribution >= 0.6 is 23.2 Å². The summed E-state index contributed by atoms with van der Waals surface area (Å²) in [4.78, 5) is 33.6. The fraction of sp³-hybridized carbons (Fsp3) is 0.562. The maximum atomic E-state index is 12.9. The van der Waals surface area contributed by atoms with Crippen molar-refractivity contribution in [2.75, 3.05) is 62.7 Å². The van der Waals surface area contributed by atoms with Gasteiger partial charge < -0.3 is 19.3 Å². The van der Waals surface area contributed by atoms with E-state index < -0.39 is 12.3 Å². The Hall–Kier alpha value is -2.68. The molecule has 2 aromatic carbocycles. The van der Waals surface area contributed by atoms with E-state index in [0.717, 1.165) is 62.5 Å². The largest absolute Gasteiger partial charge is 0.494 e. The summed E-state index contributed by atoms with van der Waals surface area (Å²) in [5, 5.41) is 1.21. The van der Waals surface area contributed by atoms with Gasteiger partial charge in [-0.15, -0.1) is 0 Å². The molecule has 0 N–H and O–H groups in total. The summed E-state index contributed by atoms with van der Waals surface area (Å²) in [6.07, 6.45) is 1.83. The first kappa shape index (κ1) is 32.2. The van der Waals surface area contributed by atoms with Crippen LogP contribution in [0.25, 0.3) is 0 Å². The summed E-state index contributed by atoms with van der Waals surface area (Å²) in [6, 6.07) is 11.7. The van der Waals surface area contributed by atoms with Crippen LogP contribution in [0.3, 0.4) is 0 Å². The average Bonchev–Trinajstić information content (AvgIpc) is 2.93. The molecule has 8 nitrogen and oxygen atoms in total. The molecule has 1 fully saturated rings. The highest BCUT2D eigenvalue weighted by molar-refractivity contribution is 6.43. The number of ether oxygens (including phenoxy) is 2. The fourth-order valence-electron chi connectivity index (χ4n) is 5.61. The molecule has 2 aliphatic heterocycles. The van der Waals surface area contributed by atoms with E-state index in [2.05, 4.69) is 30.6 Å². The summed E-state index contributed by atoms with van der Waals surface area (Å²) < 4.78 is 11.8. The number of hydrogen-bond donors (Lipinski definition) is 0. The molecule has 2 aliphatic rings. The second-order valence-electron chi connectivity index (χ2n) is 12.4. The molecular weight excluding hydrogens is 575 g/mol. The lowest BCUT2D eigenvalue weighted by Gasteiger charge is -2.36. The Kier molecular flexibility index (Phi) is 10.9. The molecule has 10 heteroatoms. The Bertz CT molecular complexity index is 1240. The van der Waals surface area contributed by atoms with Crippen molar-refractivity contribution in [1.82, 2.24) is 9.80 Å². The molecule has 0 radical (unpaired) electrons. The first-order valence-electron chi connectivity index (χ1n) is 14.8. The van der Waals surface area contributed by atoms with Gasteiger partial charge in [-0.2, -0.15) is 0 Å². The zero-order valence-corrected chi connectivity index (χ0v) is 27.0. The average molecular weight is 620 g/mol. The quantitative estimate of drug-likeness (QED) is 0.276. The predicted molar refractivity (Wildman–Crippen MR) is 170 cm³/mol. The molecule has 0 aromatic heterocycles. The second kappa shape index (κ2) is 14.2. The van der Waals surface area contributed by atoms with Gasteiger partial charge in [0.25, 0.3) is 0 Å². The Labute approximate surface area is 260 Å². The van der Waals surface area contributed by atoms with Crippen LogP contribution in [0.15, 0.2) is 36.4 Å². The van der Waals surface area contributed by atoms with Crippen molar-refractivity contribution in [2.24, 2.45) is 5.41 Å².